The first-order valence-corrected chi connectivity index (χ1v) is 9.53. The molecule has 0 unspecified atom stereocenters. The Hall–Kier alpha value is -2.23. The Balaban J connectivity index is 1.58. The SMILES string of the molecule is CC[C@H]1c2ccc(C)n2CCN1C(=O)Nc1cccc2c1CCCC2. The molecule has 2 heterocycles. The largest absolute Gasteiger partial charge is 0.345 e. The number of fused-ring (bicyclic) bond motifs is 2. The zero-order valence-electron chi connectivity index (χ0n) is 15.2. The van der Waals surface area contributed by atoms with Gasteiger partial charge in [-0.1, -0.05) is 19.1 Å². The number of nitrogens with one attached hydrogen (secondary N) is 1. The number of carbonyl (C=O) groups excluding carboxylic acids is 1. The highest BCUT2D eigenvalue weighted by atomic mass is 16.2. The fourth-order valence-corrected chi connectivity index (χ4v) is 4.47. The molecule has 0 saturated carbocycles. The number of aryl methyl sites for hydroxylation is 2. The third-order valence-corrected chi connectivity index (χ3v) is 5.80. The third kappa shape index (κ3) is 2.84. The lowest BCUT2D eigenvalue weighted by Gasteiger charge is -2.37. The van der Waals surface area contributed by atoms with E-state index < -0.39 is 0 Å². The van der Waals surface area contributed by atoms with Crippen LogP contribution in [0.15, 0.2) is 30.3 Å². The van der Waals surface area contributed by atoms with Gasteiger partial charge in [0.25, 0.3) is 0 Å². The van der Waals surface area contributed by atoms with Crippen molar-refractivity contribution in [2.24, 2.45) is 0 Å². The summed E-state index contributed by atoms with van der Waals surface area (Å²) in [5.41, 5.74) is 6.29. The molecule has 1 aromatic heterocycles. The second kappa shape index (κ2) is 6.58. The van der Waals surface area contributed by atoms with Gasteiger partial charge in [0.05, 0.1) is 6.04 Å². The number of hydrogen-bond acceptors (Lipinski definition) is 1. The van der Waals surface area contributed by atoms with Gasteiger partial charge in [0.2, 0.25) is 0 Å². The molecule has 2 aromatic rings. The molecule has 2 aliphatic rings. The molecular weight excluding hydrogens is 310 g/mol. The summed E-state index contributed by atoms with van der Waals surface area (Å²) in [6, 6.07) is 10.9. The predicted molar refractivity (Wildman–Crippen MR) is 101 cm³/mol. The van der Waals surface area contributed by atoms with Crippen molar-refractivity contribution in [3.05, 3.63) is 52.8 Å². The molecule has 0 saturated heterocycles. The number of urea groups is 1. The van der Waals surface area contributed by atoms with E-state index in [1.54, 1.807) is 0 Å². The normalized spacial score (nSPS) is 19.3. The zero-order chi connectivity index (χ0) is 17.4. The fraction of sp³-hybridized carbons (Fsp3) is 0.476. The number of benzene rings is 1. The van der Waals surface area contributed by atoms with Gasteiger partial charge in [0.15, 0.2) is 0 Å². The number of hydrogen-bond donors (Lipinski definition) is 1. The van der Waals surface area contributed by atoms with E-state index >= 15 is 0 Å². The highest BCUT2D eigenvalue weighted by Gasteiger charge is 2.30. The Morgan fingerprint density at radius 3 is 2.84 bits per heavy atom. The first-order valence-electron chi connectivity index (χ1n) is 9.53. The number of rotatable bonds is 2. The topological polar surface area (TPSA) is 37.3 Å². The van der Waals surface area contributed by atoms with Gasteiger partial charge in [-0.25, -0.2) is 4.79 Å². The number of aromatic nitrogens is 1. The molecule has 1 aliphatic heterocycles. The van der Waals surface area contributed by atoms with E-state index in [1.165, 1.54) is 35.4 Å². The molecule has 4 nitrogen and oxygen atoms in total. The van der Waals surface area contributed by atoms with E-state index in [2.05, 4.69) is 54.1 Å². The minimum absolute atomic E-state index is 0.0379. The highest BCUT2D eigenvalue weighted by Crippen LogP contribution is 2.32. The van der Waals surface area contributed by atoms with E-state index in [0.29, 0.717) is 0 Å². The van der Waals surface area contributed by atoms with E-state index in [0.717, 1.165) is 38.0 Å². The van der Waals surface area contributed by atoms with Gasteiger partial charge in [0, 0.05) is 30.2 Å². The first-order chi connectivity index (χ1) is 12.2. The van der Waals surface area contributed by atoms with E-state index in [4.69, 9.17) is 0 Å². The van der Waals surface area contributed by atoms with Gasteiger partial charge < -0.3 is 14.8 Å². The molecule has 0 bridgehead atoms. The van der Waals surface area contributed by atoms with Crippen LogP contribution in [0.1, 0.15) is 54.7 Å². The minimum atomic E-state index is 0.0379. The maximum Gasteiger partial charge on any atom is 0.322 e. The van der Waals surface area contributed by atoms with Crippen LogP contribution < -0.4 is 5.32 Å². The van der Waals surface area contributed by atoms with Crippen molar-refractivity contribution in [1.29, 1.82) is 0 Å². The summed E-state index contributed by atoms with van der Waals surface area (Å²) >= 11 is 0. The lowest BCUT2D eigenvalue weighted by atomic mass is 9.90. The van der Waals surface area contributed by atoms with Crippen LogP contribution in [0.2, 0.25) is 0 Å². The first kappa shape index (κ1) is 16.2. The summed E-state index contributed by atoms with van der Waals surface area (Å²) in [4.78, 5) is 15.1. The number of anilines is 1. The van der Waals surface area contributed by atoms with Gasteiger partial charge in [0.1, 0.15) is 0 Å². The Morgan fingerprint density at radius 2 is 2.00 bits per heavy atom. The molecule has 25 heavy (non-hydrogen) atoms. The van der Waals surface area contributed by atoms with Crippen molar-refractivity contribution < 1.29 is 4.79 Å². The summed E-state index contributed by atoms with van der Waals surface area (Å²) in [6.45, 7) is 5.95. The van der Waals surface area contributed by atoms with Gasteiger partial charge in [-0.05, 0) is 68.4 Å². The minimum Gasteiger partial charge on any atom is -0.345 e. The van der Waals surface area contributed by atoms with Crippen LogP contribution in [0.3, 0.4) is 0 Å². The average molecular weight is 337 g/mol. The van der Waals surface area contributed by atoms with Crippen LogP contribution in [-0.2, 0) is 19.4 Å². The Bertz CT molecular complexity index is 792. The zero-order valence-corrected chi connectivity index (χ0v) is 15.2. The lowest BCUT2D eigenvalue weighted by molar-refractivity contribution is 0.165. The Labute approximate surface area is 149 Å². The van der Waals surface area contributed by atoms with Crippen molar-refractivity contribution in [2.45, 2.75) is 58.5 Å². The molecule has 1 atom stereocenters. The average Bonchev–Trinajstić information content (AvgIpc) is 3.02. The van der Waals surface area contributed by atoms with E-state index in [9.17, 15) is 4.79 Å². The quantitative estimate of drug-likeness (QED) is 0.849. The van der Waals surface area contributed by atoms with Crippen molar-refractivity contribution >= 4 is 11.7 Å². The molecule has 1 N–H and O–H groups in total. The monoisotopic (exact) mass is 337 g/mol. The van der Waals surface area contributed by atoms with Crippen LogP contribution in [0.25, 0.3) is 0 Å². The smallest absolute Gasteiger partial charge is 0.322 e. The number of amides is 2. The standard InChI is InChI=1S/C21H27N3O/c1-3-19-20-12-11-15(2)23(20)13-14-24(19)21(25)22-18-10-6-8-16-7-4-5-9-17(16)18/h6,8,10-12,19H,3-5,7,9,13-14H2,1-2H3,(H,22,25)/t19-/m0/s1. The number of nitrogens with zero attached hydrogens (tertiary/aromatic N) is 2. The molecular formula is C21H27N3O. The van der Waals surface area contributed by atoms with Gasteiger partial charge in [-0.3, -0.25) is 0 Å². The summed E-state index contributed by atoms with van der Waals surface area (Å²) in [6.07, 6.45) is 5.61. The van der Waals surface area contributed by atoms with Crippen LogP contribution in [-0.4, -0.2) is 22.0 Å². The van der Waals surface area contributed by atoms with E-state index in [-0.39, 0.29) is 12.1 Å². The van der Waals surface area contributed by atoms with Gasteiger partial charge in [-0.2, -0.15) is 0 Å². The predicted octanol–water partition coefficient (Wildman–Crippen LogP) is 4.67. The Morgan fingerprint density at radius 1 is 1.16 bits per heavy atom. The van der Waals surface area contributed by atoms with Crippen LogP contribution >= 0.6 is 0 Å². The van der Waals surface area contributed by atoms with Crippen LogP contribution in [0.5, 0.6) is 0 Å². The molecule has 0 spiro atoms. The molecule has 4 heteroatoms. The fourth-order valence-electron chi connectivity index (χ4n) is 4.47. The number of carbonyl (C=O) groups is 1. The maximum absolute atomic E-state index is 13.0. The molecule has 1 aromatic carbocycles. The summed E-state index contributed by atoms with van der Waals surface area (Å²) < 4.78 is 2.35. The second-order valence-electron chi connectivity index (χ2n) is 7.25. The van der Waals surface area contributed by atoms with Gasteiger partial charge in [-0.15, -0.1) is 0 Å². The third-order valence-electron chi connectivity index (χ3n) is 5.80. The summed E-state index contributed by atoms with van der Waals surface area (Å²) in [5.74, 6) is 0. The molecule has 1 aliphatic carbocycles. The molecule has 2 amide bonds. The molecule has 0 radical (unpaired) electrons. The van der Waals surface area contributed by atoms with E-state index in [1.807, 2.05) is 4.90 Å². The van der Waals surface area contributed by atoms with Crippen molar-refractivity contribution in [3.63, 3.8) is 0 Å². The van der Waals surface area contributed by atoms with Crippen molar-refractivity contribution in [1.82, 2.24) is 9.47 Å². The second-order valence-corrected chi connectivity index (χ2v) is 7.25. The Kier molecular flexibility index (Phi) is 4.28. The summed E-state index contributed by atoms with van der Waals surface area (Å²) in [7, 11) is 0. The highest BCUT2D eigenvalue weighted by molar-refractivity contribution is 5.90. The molecule has 4 rings (SSSR count). The maximum atomic E-state index is 13.0. The molecule has 132 valence electrons. The van der Waals surface area contributed by atoms with Crippen molar-refractivity contribution in [3.8, 4) is 0 Å². The van der Waals surface area contributed by atoms with Crippen molar-refractivity contribution in [2.75, 3.05) is 11.9 Å². The van der Waals surface area contributed by atoms with Crippen LogP contribution in [0.4, 0.5) is 10.5 Å². The van der Waals surface area contributed by atoms with Gasteiger partial charge >= 0.3 is 6.03 Å². The summed E-state index contributed by atoms with van der Waals surface area (Å²) in [5, 5.41) is 3.22. The van der Waals surface area contributed by atoms with Crippen LogP contribution in [0, 0.1) is 6.92 Å². The molecule has 0 fully saturated rings. The lowest BCUT2D eigenvalue weighted by Crippen LogP contribution is -2.44.